The third-order valence-electron chi connectivity index (χ3n) is 5.28. The Morgan fingerprint density at radius 3 is 2.94 bits per heavy atom. The second-order valence-corrected chi connectivity index (χ2v) is 9.70. The number of rotatable bonds is 6. The van der Waals surface area contributed by atoms with Crippen LogP contribution in [0.5, 0.6) is 5.75 Å². The molecule has 0 saturated heterocycles. The number of nitrogens with one attached hydrogen (secondary N) is 1. The molecule has 0 bridgehead atoms. The molecule has 1 aliphatic rings. The number of thiophene rings is 1. The molecule has 2 aromatic heterocycles. The van der Waals surface area contributed by atoms with Crippen molar-refractivity contribution in [2.75, 3.05) is 12.4 Å². The average molecular weight is 454 g/mol. The highest BCUT2D eigenvalue weighted by atomic mass is 32.2. The maximum absolute atomic E-state index is 12.9. The van der Waals surface area contributed by atoms with Gasteiger partial charge >= 0.3 is 0 Å². The van der Waals surface area contributed by atoms with E-state index in [1.165, 1.54) is 23.1 Å². The van der Waals surface area contributed by atoms with Crippen LogP contribution in [0, 0.1) is 11.3 Å². The zero-order valence-electron chi connectivity index (χ0n) is 17.4. The van der Waals surface area contributed by atoms with Gasteiger partial charge in [-0.1, -0.05) is 30.3 Å². The normalized spacial score (nSPS) is 14.2. The lowest BCUT2D eigenvalue weighted by Crippen LogP contribution is -2.22. The minimum atomic E-state index is -0.425. The van der Waals surface area contributed by atoms with Crippen LogP contribution in [0.25, 0.3) is 5.69 Å². The molecule has 7 nitrogen and oxygen atoms in total. The molecule has 0 unspecified atom stereocenters. The SMILES string of the molecule is COc1ccccc1-n1cnnc1S[C@H](C)C(=O)Nc1sc2c(c1C#N)CCCCC2. The Balaban J connectivity index is 1.51. The van der Waals surface area contributed by atoms with Crippen LogP contribution >= 0.6 is 23.1 Å². The summed E-state index contributed by atoms with van der Waals surface area (Å²) in [5.41, 5.74) is 2.56. The van der Waals surface area contributed by atoms with Crippen molar-refractivity contribution in [2.24, 2.45) is 0 Å². The second-order valence-electron chi connectivity index (χ2n) is 7.29. The van der Waals surface area contributed by atoms with Crippen LogP contribution < -0.4 is 10.1 Å². The number of carbonyl (C=O) groups excluding carboxylic acids is 1. The summed E-state index contributed by atoms with van der Waals surface area (Å²) < 4.78 is 7.24. The fourth-order valence-corrected chi connectivity index (χ4v) is 5.75. The third-order valence-corrected chi connectivity index (χ3v) is 7.55. The molecule has 4 rings (SSSR count). The number of benzene rings is 1. The predicted octanol–water partition coefficient (Wildman–Crippen LogP) is 4.60. The quantitative estimate of drug-likeness (QED) is 0.433. The second kappa shape index (κ2) is 9.54. The minimum absolute atomic E-state index is 0.160. The number of amides is 1. The number of anilines is 1. The summed E-state index contributed by atoms with van der Waals surface area (Å²) in [5.74, 6) is 0.535. The molecule has 1 N–H and O–H groups in total. The van der Waals surface area contributed by atoms with Gasteiger partial charge in [-0.25, -0.2) is 0 Å². The van der Waals surface area contributed by atoms with Gasteiger partial charge < -0.3 is 10.1 Å². The van der Waals surface area contributed by atoms with Crippen LogP contribution in [0.1, 0.15) is 42.2 Å². The number of ether oxygens (including phenoxy) is 1. The Bertz CT molecular complexity index is 1130. The Kier molecular flexibility index (Phi) is 6.59. The van der Waals surface area contributed by atoms with Crippen LogP contribution in [0.2, 0.25) is 0 Å². The highest BCUT2D eigenvalue weighted by Crippen LogP contribution is 2.37. The summed E-state index contributed by atoms with van der Waals surface area (Å²) >= 11 is 2.86. The lowest BCUT2D eigenvalue weighted by Gasteiger charge is -2.13. The van der Waals surface area contributed by atoms with E-state index in [1.807, 2.05) is 31.2 Å². The Morgan fingerprint density at radius 2 is 2.13 bits per heavy atom. The molecule has 0 fully saturated rings. The zero-order valence-corrected chi connectivity index (χ0v) is 19.1. The molecule has 31 heavy (non-hydrogen) atoms. The van der Waals surface area contributed by atoms with E-state index in [4.69, 9.17) is 4.74 Å². The number of carbonyl (C=O) groups is 1. The van der Waals surface area contributed by atoms with E-state index in [0.717, 1.165) is 36.9 Å². The van der Waals surface area contributed by atoms with Gasteiger partial charge in [0.05, 0.1) is 23.6 Å². The number of hydrogen-bond acceptors (Lipinski definition) is 7. The van der Waals surface area contributed by atoms with Crippen molar-refractivity contribution in [3.63, 3.8) is 0 Å². The number of nitrogens with zero attached hydrogens (tertiary/aromatic N) is 4. The molecule has 0 aliphatic heterocycles. The fraction of sp³-hybridized carbons (Fsp3) is 0.364. The Hall–Kier alpha value is -2.83. The molecule has 1 aromatic carbocycles. The number of methoxy groups -OCH3 is 1. The zero-order chi connectivity index (χ0) is 21.8. The summed E-state index contributed by atoms with van der Waals surface area (Å²) in [5, 5.41) is 21.7. The lowest BCUT2D eigenvalue weighted by molar-refractivity contribution is -0.115. The van der Waals surface area contributed by atoms with Gasteiger partial charge in [-0.3, -0.25) is 9.36 Å². The summed E-state index contributed by atoms with van der Waals surface area (Å²) in [6, 6.07) is 9.89. The molecule has 0 radical (unpaired) electrons. The first kappa shape index (κ1) is 21.4. The molecular formula is C22H23N5O2S2. The third kappa shape index (κ3) is 4.45. The van der Waals surface area contributed by atoms with Crippen LogP contribution in [-0.4, -0.2) is 33.0 Å². The molecule has 1 aliphatic carbocycles. The smallest absolute Gasteiger partial charge is 0.238 e. The highest BCUT2D eigenvalue weighted by Gasteiger charge is 2.24. The number of thioether (sulfide) groups is 1. The van der Waals surface area contributed by atoms with E-state index in [9.17, 15) is 10.1 Å². The summed E-state index contributed by atoms with van der Waals surface area (Å²) in [6.07, 6.45) is 6.92. The van der Waals surface area contributed by atoms with Gasteiger partial charge in [0.2, 0.25) is 5.91 Å². The first-order valence-corrected chi connectivity index (χ1v) is 11.9. The van der Waals surface area contributed by atoms with Crippen molar-refractivity contribution in [2.45, 2.75) is 49.4 Å². The van der Waals surface area contributed by atoms with E-state index in [2.05, 4.69) is 21.6 Å². The van der Waals surface area contributed by atoms with Crippen molar-refractivity contribution in [1.82, 2.24) is 14.8 Å². The maximum atomic E-state index is 12.9. The van der Waals surface area contributed by atoms with Gasteiger partial charge in [0.25, 0.3) is 0 Å². The van der Waals surface area contributed by atoms with Gasteiger partial charge in [-0.2, -0.15) is 5.26 Å². The van der Waals surface area contributed by atoms with Gasteiger partial charge in [-0.05, 0) is 50.3 Å². The van der Waals surface area contributed by atoms with Crippen molar-refractivity contribution >= 4 is 34.0 Å². The fourth-order valence-electron chi connectivity index (χ4n) is 3.67. The molecule has 0 saturated carbocycles. The molecule has 3 aromatic rings. The van der Waals surface area contributed by atoms with Gasteiger partial charge in [0, 0.05) is 4.88 Å². The van der Waals surface area contributed by atoms with Crippen molar-refractivity contribution in [3.05, 3.63) is 46.6 Å². The molecule has 9 heteroatoms. The number of nitriles is 1. The Morgan fingerprint density at radius 1 is 1.32 bits per heavy atom. The topological polar surface area (TPSA) is 92.8 Å². The van der Waals surface area contributed by atoms with Crippen molar-refractivity contribution in [1.29, 1.82) is 5.26 Å². The molecule has 2 heterocycles. The number of aryl methyl sites for hydroxylation is 1. The number of para-hydroxylation sites is 2. The summed E-state index contributed by atoms with van der Waals surface area (Å²) in [6.45, 7) is 1.83. The monoisotopic (exact) mass is 453 g/mol. The number of hydrogen-bond donors (Lipinski definition) is 1. The van der Waals surface area contributed by atoms with E-state index in [-0.39, 0.29) is 5.91 Å². The van der Waals surface area contributed by atoms with E-state index < -0.39 is 5.25 Å². The standard InChI is InChI=1S/C22H23N5O2S2/c1-14(30-22-26-24-13-27(22)17-9-6-7-10-18(17)29-2)20(28)25-21-16(12-23)15-8-4-3-5-11-19(15)31-21/h6-7,9-10,13-14H,3-5,8,11H2,1-2H3,(H,25,28)/t14-/m1/s1. The summed E-state index contributed by atoms with van der Waals surface area (Å²) in [7, 11) is 1.61. The molecule has 1 amide bonds. The van der Waals surface area contributed by atoms with Gasteiger partial charge in [0.1, 0.15) is 23.1 Å². The first-order valence-electron chi connectivity index (χ1n) is 10.2. The molecule has 0 spiro atoms. The summed E-state index contributed by atoms with van der Waals surface area (Å²) in [4.78, 5) is 14.2. The highest BCUT2D eigenvalue weighted by molar-refractivity contribution is 8.00. The minimum Gasteiger partial charge on any atom is -0.495 e. The van der Waals surface area contributed by atoms with Crippen molar-refractivity contribution in [3.8, 4) is 17.5 Å². The molecular weight excluding hydrogens is 430 g/mol. The van der Waals surface area contributed by atoms with Crippen molar-refractivity contribution < 1.29 is 9.53 Å². The van der Waals surface area contributed by atoms with Crippen LogP contribution in [0.4, 0.5) is 5.00 Å². The van der Waals surface area contributed by atoms with Gasteiger partial charge in [0.15, 0.2) is 5.16 Å². The van der Waals surface area contributed by atoms with E-state index in [0.29, 0.717) is 21.5 Å². The van der Waals surface area contributed by atoms with Crippen LogP contribution in [0.3, 0.4) is 0 Å². The molecule has 160 valence electrons. The average Bonchev–Trinajstić information content (AvgIpc) is 3.30. The van der Waals surface area contributed by atoms with E-state index >= 15 is 0 Å². The predicted molar refractivity (Wildman–Crippen MR) is 122 cm³/mol. The lowest BCUT2D eigenvalue weighted by atomic mass is 10.1. The maximum Gasteiger partial charge on any atom is 0.238 e. The first-order chi connectivity index (χ1) is 15.1. The Labute approximate surface area is 189 Å². The largest absolute Gasteiger partial charge is 0.495 e. The number of aromatic nitrogens is 3. The van der Waals surface area contributed by atoms with E-state index in [1.54, 1.807) is 29.3 Å². The number of fused-ring (bicyclic) bond motifs is 1. The van der Waals surface area contributed by atoms with Gasteiger partial charge in [-0.15, -0.1) is 21.5 Å². The van der Waals surface area contributed by atoms with Crippen LogP contribution in [0.15, 0.2) is 35.7 Å². The van der Waals surface area contributed by atoms with Crippen LogP contribution in [-0.2, 0) is 17.6 Å². The molecule has 1 atom stereocenters.